The van der Waals surface area contributed by atoms with E-state index in [0.717, 1.165) is 32.1 Å². The van der Waals surface area contributed by atoms with E-state index in [1.165, 1.54) is 0 Å². The third-order valence-corrected chi connectivity index (χ3v) is 8.59. The fourth-order valence-corrected chi connectivity index (χ4v) is 5.99. The summed E-state index contributed by atoms with van der Waals surface area (Å²) in [6.07, 6.45) is 4.27. The number of hydrogen-bond acceptors (Lipinski definition) is 8. The summed E-state index contributed by atoms with van der Waals surface area (Å²) in [6, 6.07) is 4.16. The van der Waals surface area contributed by atoms with Gasteiger partial charge in [-0.05, 0) is 56.7 Å². The van der Waals surface area contributed by atoms with E-state index in [1.54, 1.807) is 38.1 Å². The molecule has 1 aromatic rings. The zero-order valence-corrected chi connectivity index (χ0v) is 26.7. The van der Waals surface area contributed by atoms with Crippen molar-refractivity contribution in [3.63, 3.8) is 0 Å². The number of halogens is 1. The van der Waals surface area contributed by atoms with Crippen LogP contribution >= 0.6 is 11.6 Å². The Balaban J connectivity index is 0.00000560. The van der Waals surface area contributed by atoms with Gasteiger partial charge in [0.15, 0.2) is 5.44 Å². The average molecular weight is 610 g/mol. The van der Waals surface area contributed by atoms with Gasteiger partial charge in [0.05, 0.1) is 6.04 Å². The molecule has 0 spiro atoms. The standard InChI is InChI=1S/C26H38ClN3O8S.Na/c1-26(2,18-9-6-10-19(27)15-18)38-25(34)30-20(13-16-7-4-3-5-8-16)23(32)29-21(24(33)39(35,36)37)14-17-11-12-28-22(17)31;/h6,9-10,15-17,20-21,24,33H,3-5,7-8,11-14H2,1-2H3,(H,28,31)(H,29,32)(H,30,34)(H,35,36,37);/q;+1/p-1/t17-,20-,21-,24?;/m0./s1. The molecule has 1 saturated carbocycles. The summed E-state index contributed by atoms with van der Waals surface area (Å²) in [5.74, 6) is -1.68. The van der Waals surface area contributed by atoms with Crippen molar-refractivity contribution in [2.45, 2.75) is 88.3 Å². The molecule has 14 heteroatoms. The Morgan fingerprint density at radius 3 is 2.42 bits per heavy atom. The zero-order chi connectivity index (χ0) is 28.8. The molecule has 1 aromatic carbocycles. The molecule has 0 aromatic heterocycles. The van der Waals surface area contributed by atoms with E-state index in [4.69, 9.17) is 16.3 Å². The van der Waals surface area contributed by atoms with Crippen LogP contribution in [-0.2, 0) is 30.0 Å². The number of alkyl carbamates (subject to hydrolysis) is 1. The second-order valence-corrected chi connectivity index (χ2v) is 12.8. The normalized spacial score (nSPS) is 20.4. The maximum atomic E-state index is 13.4. The van der Waals surface area contributed by atoms with E-state index in [9.17, 15) is 32.5 Å². The van der Waals surface area contributed by atoms with Crippen LogP contribution < -0.4 is 45.5 Å². The third-order valence-electron chi connectivity index (χ3n) is 7.44. The van der Waals surface area contributed by atoms with Crippen molar-refractivity contribution in [2.24, 2.45) is 11.8 Å². The molecule has 2 fully saturated rings. The molecule has 4 atom stereocenters. The van der Waals surface area contributed by atoms with Gasteiger partial charge in [0.25, 0.3) is 0 Å². The molecule has 0 bridgehead atoms. The molecule has 4 N–H and O–H groups in total. The minimum atomic E-state index is -5.20. The largest absolute Gasteiger partial charge is 1.00 e. The third kappa shape index (κ3) is 10.1. The van der Waals surface area contributed by atoms with E-state index in [0.29, 0.717) is 23.6 Å². The smallest absolute Gasteiger partial charge is 0.746 e. The first-order valence-electron chi connectivity index (χ1n) is 13.2. The van der Waals surface area contributed by atoms with Crippen LogP contribution in [0.3, 0.4) is 0 Å². The predicted octanol–water partition coefficient (Wildman–Crippen LogP) is -0.481. The van der Waals surface area contributed by atoms with Crippen LogP contribution in [0.25, 0.3) is 0 Å². The Hall–Kier alpha value is -1.41. The van der Waals surface area contributed by atoms with Crippen molar-refractivity contribution in [3.8, 4) is 0 Å². The number of nitrogens with one attached hydrogen (secondary N) is 3. The number of carbonyl (C=O) groups excluding carboxylic acids is 3. The van der Waals surface area contributed by atoms with Gasteiger partial charge in [-0.3, -0.25) is 9.59 Å². The number of aliphatic hydroxyl groups is 1. The van der Waals surface area contributed by atoms with Gasteiger partial charge in [-0.15, -0.1) is 0 Å². The summed E-state index contributed by atoms with van der Waals surface area (Å²) in [5.41, 5.74) is -2.91. The number of benzene rings is 1. The van der Waals surface area contributed by atoms with Crippen molar-refractivity contribution in [1.29, 1.82) is 0 Å². The van der Waals surface area contributed by atoms with Crippen molar-refractivity contribution < 1.29 is 66.8 Å². The summed E-state index contributed by atoms with van der Waals surface area (Å²) in [4.78, 5) is 38.5. The zero-order valence-electron chi connectivity index (χ0n) is 23.2. The van der Waals surface area contributed by atoms with Crippen LogP contribution in [0, 0.1) is 11.8 Å². The number of rotatable bonds is 11. The Morgan fingerprint density at radius 1 is 1.18 bits per heavy atom. The molecule has 3 amide bonds. The van der Waals surface area contributed by atoms with E-state index < -0.39 is 51.2 Å². The molecule has 1 saturated heterocycles. The van der Waals surface area contributed by atoms with E-state index in [2.05, 4.69) is 16.0 Å². The molecular formula is C26H37ClN3NaO8S. The van der Waals surface area contributed by atoms with Crippen LogP contribution in [0.5, 0.6) is 0 Å². The van der Waals surface area contributed by atoms with Gasteiger partial charge in [-0.2, -0.15) is 0 Å². The Morgan fingerprint density at radius 2 is 1.85 bits per heavy atom. The molecule has 0 radical (unpaired) electrons. The van der Waals surface area contributed by atoms with Crippen molar-refractivity contribution in [1.82, 2.24) is 16.0 Å². The SMILES string of the molecule is CC(C)(OC(=O)N[C@@H](CC1CCCCC1)C(=O)N[C@@H](C[C@@H]1CCNC1=O)C(O)S(=O)(=O)[O-])c1cccc(Cl)c1.[Na+]. The number of ether oxygens (including phenoxy) is 1. The maximum Gasteiger partial charge on any atom is 1.00 e. The van der Waals surface area contributed by atoms with Crippen LogP contribution in [0.1, 0.15) is 70.8 Å². The first-order valence-corrected chi connectivity index (χ1v) is 15.1. The minimum absolute atomic E-state index is 0. The number of hydrogen-bond donors (Lipinski definition) is 4. The predicted molar refractivity (Wildman–Crippen MR) is 142 cm³/mol. The van der Waals surface area contributed by atoms with Crippen LogP contribution in [0.2, 0.25) is 5.02 Å². The molecule has 1 aliphatic heterocycles. The fraction of sp³-hybridized carbons (Fsp3) is 0.654. The van der Waals surface area contributed by atoms with Gasteiger partial charge in [-0.25, -0.2) is 13.2 Å². The van der Waals surface area contributed by atoms with Gasteiger partial charge < -0.3 is 30.3 Å². The molecule has 40 heavy (non-hydrogen) atoms. The van der Waals surface area contributed by atoms with E-state index in [-0.39, 0.29) is 54.2 Å². The van der Waals surface area contributed by atoms with Gasteiger partial charge >= 0.3 is 35.7 Å². The second kappa shape index (κ2) is 15.2. The summed E-state index contributed by atoms with van der Waals surface area (Å²) < 4.78 is 40.5. The maximum absolute atomic E-state index is 13.4. The van der Waals surface area contributed by atoms with Crippen molar-refractivity contribution in [3.05, 3.63) is 34.9 Å². The summed E-state index contributed by atoms with van der Waals surface area (Å²) in [7, 11) is -5.20. The summed E-state index contributed by atoms with van der Waals surface area (Å²) in [6.45, 7) is 3.71. The molecule has 1 aliphatic carbocycles. The number of aliphatic hydroxyl groups excluding tert-OH is 1. The van der Waals surface area contributed by atoms with Gasteiger partial charge in [0, 0.05) is 17.5 Å². The Labute approximate surface area is 262 Å². The van der Waals surface area contributed by atoms with Crippen molar-refractivity contribution in [2.75, 3.05) is 6.54 Å². The van der Waals surface area contributed by atoms with Crippen LogP contribution in [-0.4, -0.2) is 60.0 Å². The minimum Gasteiger partial charge on any atom is -0.746 e. The van der Waals surface area contributed by atoms with Gasteiger partial charge in [-0.1, -0.05) is 55.8 Å². The van der Waals surface area contributed by atoms with Gasteiger partial charge in [0.2, 0.25) is 11.8 Å². The quantitative estimate of drug-likeness (QED) is 0.192. The average Bonchev–Trinajstić information content (AvgIpc) is 3.26. The molecule has 1 unspecified atom stereocenters. The molecule has 218 valence electrons. The number of amides is 3. The monoisotopic (exact) mass is 609 g/mol. The molecule has 1 heterocycles. The summed E-state index contributed by atoms with van der Waals surface area (Å²) >= 11 is 6.08. The fourth-order valence-electron chi connectivity index (χ4n) is 5.22. The van der Waals surface area contributed by atoms with Gasteiger partial charge in [0.1, 0.15) is 21.8 Å². The van der Waals surface area contributed by atoms with Crippen LogP contribution in [0.15, 0.2) is 24.3 Å². The topological polar surface area (TPSA) is 174 Å². The van der Waals surface area contributed by atoms with Crippen LogP contribution in [0.4, 0.5) is 4.79 Å². The molecule has 3 rings (SSSR count). The van der Waals surface area contributed by atoms with Crippen molar-refractivity contribution >= 4 is 39.6 Å². The first-order chi connectivity index (χ1) is 18.3. The summed E-state index contributed by atoms with van der Waals surface area (Å²) in [5, 5.41) is 18.4. The molecular weight excluding hydrogens is 573 g/mol. The molecule has 11 nitrogen and oxygen atoms in total. The van der Waals surface area contributed by atoms with E-state index in [1.807, 2.05) is 0 Å². The Bertz CT molecular complexity index is 1150. The Kier molecular flexibility index (Phi) is 13.2. The van der Waals surface area contributed by atoms with E-state index >= 15 is 0 Å². The second-order valence-electron chi connectivity index (χ2n) is 10.9. The first kappa shape index (κ1) is 34.8. The number of carbonyl (C=O) groups is 3. The molecule has 2 aliphatic rings.